The molecule has 21 heavy (non-hydrogen) atoms. The number of hydrogen-bond acceptors (Lipinski definition) is 7. The molecule has 10 heteroatoms. The first-order valence-corrected chi connectivity index (χ1v) is 8.04. The van der Waals surface area contributed by atoms with Gasteiger partial charge in [0.2, 0.25) is 11.8 Å². The molecule has 0 rings (SSSR count). The molecule has 0 bridgehead atoms. The van der Waals surface area contributed by atoms with Gasteiger partial charge in [0, 0.05) is 30.7 Å². The quantitative estimate of drug-likeness (QED) is 0.297. The molecule has 0 aromatic rings. The number of hydrogen-bond donors (Lipinski definition) is 4. The minimum absolute atomic E-state index is 0.0705. The zero-order valence-electron chi connectivity index (χ0n) is 12.0. The second kappa shape index (κ2) is 10.1. The average Bonchev–Trinajstić information content (AvgIpc) is 2.42. The summed E-state index contributed by atoms with van der Waals surface area (Å²) in [7, 11) is -3.04. The Morgan fingerprint density at radius 1 is 1.38 bits per heavy atom. The van der Waals surface area contributed by atoms with Crippen LogP contribution in [0.2, 0.25) is 0 Å². The van der Waals surface area contributed by atoms with Gasteiger partial charge in [0.1, 0.15) is 12.7 Å². The maximum Gasteiger partial charge on any atom is 0.488 e. The summed E-state index contributed by atoms with van der Waals surface area (Å²) in [6, 6.07) is 0. The summed E-state index contributed by atoms with van der Waals surface area (Å²) in [5.41, 5.74) is -1.08. The fraction of sp³-hybridized carbons (Fsp3) is 0.818. The number of amides is 2. The van der Waals surface area contributed by atoms with Crippen LogP contribution in [0.4, 0.5) is 0 Å². The lowest BCUT2D eigenvalue weighted by atomic mass is 9.87. The molecule has 2 amide bonds. The lowest BCUT2D eigenvalue weighted by molar-refractivity contribution is -0.189. The molecule has 8 nitrogen and oxygen atoms in total. The van der Waals surface area contributed by atoms with Gasteiger partial charge in [-0.3, -0.25) is 9.59 Å². The van der Waals surface area contributed by atoms with Crippen molar-refractivity contribution in [3.8, 4) is 0 Å². The number of nitrogens with one attached hydrogen (secondary N) is 2. The summed E-state index contributed by atoms with van der Waals surface area (Å²) >= 11 is 3.94. The molecule has 0 aliphatic rings. The van der Waals surface area contributed by atoms with Gasteiger partial charge in [-0.2, -0.15) is 12.6 Å². The Kier molecular flexibility index (Phi) is 9.72. The van der Waals surface area contributed by atoms with Crippen LogP contribution in [-0.4, -0.2) is 48.5 Å². The van der Waals surface area contributed by atoms with Crippen molar-refractivity contribution in [2.24, 2.45) is 5.41 Å². The summed E-state index contributed by atoms with van der Waals surface area (Å²) in [4.78, 5) is 33.4. The molecule has 0 heterocycles. The Hall–Kier alpha value is -0.730. The summed E-state index contributed by atoms with van der Waals surface area (Å²) in [6.07, 6.45) is -1.37. The average molecular weight is 340 g/mol. The van der Waals surface area contributed by atoms with Gasteiger partial charge in [0.25, 0.3) is 0 Å². The SMILES string of the molecule is CC(C)(CO[P+](=O)[O-])[C@H](O)C(=O)NCCC(=O)NCCS. The summed E-state index contributed by atoms with van der Waals surface area (Å²) in [5, 5.41) is 14.9. The van der Waals surface area contributed by atoms with Crippen LogP contribution in [-0.2, 0) is 18.7 Å². The van der Waals surface area contributed by atoms with E-state index in [2.05, 4.69) is 27.8 Å². The third-order valence-electron chi connectivity index (χ3n) is 2.62. The van der Waals surface area contributed by atoms with E-state index in [1.54, 1.807) is 0 Å². The van der Waals surface area contributed by atoms with E-state index in [0.29, 0.717) is 12.3 Å². The molecule has 0 saturated heterocycles. The second-order valence-electron chi connectivity index (χ2n) is 5.00. The second-order valence-corrected chi connectivity index (χ2v) is 6.16. The van der Waals surface area contributed by atoms with Crippen LogP contribution in [0, 0.1) is 5.41 Å². The van der Waals surface area contributed by atoms with Gasteiger partial charge in [-0.05, 0) is 4.57 Å². The van der Waals surface area contributed by atoms with E-state index in [1.807, 2.05) is 0 Å². The fourth-order valence-electron chi connectivity index (χ4n) is 1.33. The highest BCUT2D eigenvalue weighted by atomic mass is 32.1. The lowest BCUT2D eigenvalue weighted by Crippen LogP contribution is -2.46. The smallest absolute Gasteiger partial charge is 0.488 e. The van der Waals surface area contributed by atoms with Crippen molar-refractivity contribution in [3.05, 3.63) is 0 Å². The molecular formula is C11H21N2O6PS. The van der Waals surface area contributed by atoms with Crippen LogP contribution in [0.15, 0.2) is 0 Å². The molecule has 0 fully saturated rings. The lowest BCUT2D eigenvalue weighted by Gasteiger charge is -2.27. The van der Waals surface area contributed by atoms with Crippen LogP contribution in [0.5, 0.6) is 0 Å². The van der Waals surface area contributed by atoms with Crippen LogP contribution in [0.25, 0.3) is 0 Å². The third kappa shape index (κ3) is 9.00. The van der Waals surface area contributed by atoms with Crippen LogP contribution < -0.4 is 15.5 Å². The summed E-state index contributed by atoms with van der Waals surface area (Å²) in [6.45, 7) is 3.19. The molecule has 0 aromatic heterocycles. The molecule has 122 valence electrons. The van der Waals surface area contributed by atoms with Crippen molar-refractivity contribution in [1.82, 2.24) is 10.6 Å². The van der Waals surface area contributed by atoms with Gasteiger partial charge in [-0.1, -0.05) is 13.8 Å². The van der Waals surface area contributed by atoms with Crippen molar-refractivity contribution in [2.75, 3.05) is 25.4 Å². The highest BCUT2D eigenvalue weighted by Gasteiger charge is 2.35. The third-order valence-corrected chi connectivity index (χ3v) is 3.18. The van der Waals surface area contributed by atoms with Gasteiger partial charge in [-0.15, -0.1) is 4.52 Å². The molecule has 0 spiro atoms. The minimum atomic E-state index is -3.04. The molecule has 3 N–H and O–H groups in total. The van der Waals surface area contributed by atoms with E-state index in [-0.39, 0.29) is 25.5 Å². The van der Waals surface area contributed by atoms with Crippen molar-refractivity contribution in [2.45, 2.75) is 26.4 Å². The number of thiol groups is 1. The monoisotopic (exact) mass is 340 g/mol. The first-order valence-electron chi connectivity index (χ1n) is 6.31. The predicted octanol–water partition coefficient (Wildman–Crippen LogP) is -1.04. The maximum atomic E-state index is 11.7. The van der Waals surface area contributed by atoms with Crippen LogP contribution >= 0.6 is 20.9 Å². The van der Waals surface area contributed by atoms with Crippen molar-refractivity contribution < 1.29 is 28.7 Å². The van der Waals surface area contributed by atoms with Gasteiger partial charge >= 0.3 is 8.25 Å². The molecule has 0 saturated carbocycles. The van der Waals surface area contributed by atoms with Crippen molar-refractivity contribution in [1.29, 1.82) is 0 Å². The topological polar surface area (TPSA) is 128 Å². The van der Waals surface area contributed by atoms with Crippen molar-refractivity contribution >= 4 is 32.7 Å². The Bertz CT molecular complexity index is 380. The van der Waals surface area contributed by atoms with E-state index in [4.69, 9.17) is 0 Å². The van der Waals surface area contributed by atoms with E-state index in [0.717, 1.165) is 0 Å². The first kappa shape index (κ1) is 20.3. The Balaban J connectivity index is 4.14. The first-order chi connectivity index (χ1) is 9.70. The zero-order valence-corrected chi connectivity index (χ0v) is 13.8. The van der Waals surface area contributed by atoms with E-state index < -0.39 is 25.7 Å². The Morgan fingerprint density at radius 3 is 2.52 bits per heavy atom. The number of carbonyl (C=O) groups excluding carboxylic acids is 2. The number of aliphatic hydroxyl groups is 1. The molecule has 1 unspecified atom stereocenters. The van der Waals surface area contributed by atoms with Crippen molar-refractivity contribution in [3.63, 3.8) is 0 Å². The minimum Gasteiger partial charge on any atom is -0.566 e. The van der Waals surface area contributed by atoms with Gasteiger partial charge in [0.15, 0.2) is 0 Å². The maximum absolute atomic E-state index is 11.7. The molecular weight excluding hydrogens is 319 g/mol. The van der Waals surface area contributed by atoms with E-state index in [9.17, 15) is 24.2 Å². The normalized spacial score (nSPS) is 13.5. The van der Waals surface area contributed by atoms with Gasteiger partial charge in [-0.25, -0.2) is 0 Å². The number of aliphatic hydroxyl groups excluding tert-OH is 1. The van der Waals surface area contributed by atoms with E-state index >= 15 is 0 Å². The van der Waals surface area contributed by atoms with E-state index in [1.165, 1.54) is 13.8 Å². The largest absolute Gasteiger partial charge is 0.566 e. The molecule has 0 radical (unpaired) electrons. The van der Waals surface area contributed by atoms with Crippen LogP contribution in [0.3, 0.4) is 0 Å². The predicted molar refractivity (Wildman–Crippen MR) is 77.8 cm³/mol. The highest BCUT2D eigenvalue weighted by Crippen LogP contribution is 2.25. The molecule has 0 aliphatic carbocycles. The number of rotatable bonds is 10. The summed E-state index contributed by atoms with van der Waals surface area (Å²) < 4.78 is 14.8. The fourth-order valence-corrected chi connectivity index (χ4v) is 1.88. The Morgan fingerprint density at radius 2 is 2.00 bits per heavy atom. The van der Waals surface area contributed by atoms with Gasteiger partial charge < -0.3 is 20.6 Å². The molecule has 2 atom stereocenters. The molecule has 0 aromatic carbocycles. The zero-order chi connectivity index (χ0) is 16.5. The standard InChI is InChI=1S/C11H21N2O6PS/c1-11(2,7-19-20(17)18)9(15)10(16)13-4-3-8(14)12-5-6-21/h9,15,21H,3-7H2,1-2H3,(H,12,14)(H,13,16)/t9-/m1/s1. The van der Waals surface area contributed by atoms with Gasteiger partial charge in [0.05, 0.1) is 0 Å². The Labute approximate surface area is 130 Å². The number of carbonyl (C=O) groups is 2. The summed E-state index contributed by atoms with van der Waals surface area (Å²) in [5.74, 6) is -0.399. The van der Waals surface area contributed by atoms with Crippen LogP contribution in [0.1, 0.15) is 20.3 Å². The molecule has 0 aliphatic heterocycles. The highest BCUT2D eigenvalue weighted by molar-refractivity contribution is 7.80.